The van der Waals surface area contributed by atoms with Crippen LogP contribution >= 0.6 is 0 Å². The molecule has 0 radical (unpaired) electrons. The summed E-state index contributed by atoms with van der Waals surface area (Å²) in [5, 5.41) is 8.84. The van der Waals surface area contributed by atoms with Crippen molar-refractivity contribution < 1.29 is 14.3 Å². The number of hydrogen-bond donors (Lipinski definition) is 1. The molecule has 4 nitrogen and oxygen atoms in total. The maximum absolute atomic E-state index is 10.8. The Morgan fingerprint density at radius 2 is 1.89 bits per heavy atom. The van der Waals surface area contributed by atoms with E-state index in [1.807, 2.05) is 38.2 Å². The molecule has 4 heteroatoms. The minimum Gasteiger partial charge on any atom is -0.478 e. The zero-order valence-electron chi connectivity index (χ0n) is 11.1. The predicted molar refractivity (Wildman–Crippen MR) is 73.8 cm³/mol. The highest BCUT2D eigenvalue weighted by atomic mass is 16.4. The number of furan rings is 1. The van der Waals surface area contributed by atoms with Gasteiger partial charge in [0.25, 0.3) is 0 Å². The van der Waals surface area contributed by atoms with Gasteiger partial charge in [-0.05, 0) is 43.3 Å². The van der Waals surface area contributed by atoms with Gasteiger partial charge >= 0.3 is 5.97 Å². The van der Waals surface area contributed by atoms with Crippen LogP contribution in [0.2, 0.25) is 0 Å². The normalized spacial score (nSPS) is 10.4. The van der Waals surface area contributed by atoms with E-state index in [2.05, 4.69) is 4.90 Å². The number of benzene rings is 1. The van der Waals surface area contributed by atoms with Crippen LogP contribution in [-0.4, -0.2) is 24.7 Å². The molecule has 19 heavy (non-hydrogen) atoms. The largest absolute Gasteiger partial charge is 0.478 e. The lowest BCUT2D eigenvalue weighted by molar-refractivity contribution is 0.0697. The average molecular weight is 259 g/mol. The van der Waals surface area contributed by atoms with E-state index in [1.54, 1.807) is 12.1 Å². The van der Waals surface area contributed by atoms with Crippen LogP contribution < -0.4 is 4.90 Å². The minimum absolute atomic E-state index is 0.304. The first-order valence-corrected chi connectivity index (χ1v) is 6.16. The predicted octanol–water partition coefficient (Wildman–Crippen LogP) is 2.97. The van der Waals surface area contributed by atoms with Crippen molar-refractivity contribution in [3.63, 3.8) is 0 Å². The number of aryl methyl sites for hydroxylation is 1. The lowest BCUT2D eigenvalue weighted by Gasteiger charge is -2.18. The summed E-state index contributed by atoms with van der Waals surface area (Å²) in [5.74, 6) is 0.982. The molecule has 0 amide bonds. The molecule has 2 rings (SSSR count). The van der Waals surface area contributed by atoms with Gasteiger partial charge in [-0.25, -0.2) is 4.79 Å². The monoisotopic (exact) mass is 259 g/mol. The smallest absolute Gasteiger partial charge is 0.335 e. The molecule has 0 aliphatic carbocycles. The van der Waals surface area contributed by atoms with Crippen LogP contribution in [0.5, 0.6) is 0 Å². The van der Waals surface area contributed by atoms with Crippen LogP contribution in [0.4, 0.5) is 5.69 Å². The molecular weight excluding hydrogens is 242 g/mol. The molecule has 0 atom stereocenters. The first-order valence-electron chi connectivity index (χ1n) is 6.16. The molecule has 0 saturated heterocycles. The molecule has 0 bridgehead atoms. The fourth-order valence-corrected chi connectivity index (χ4v) is 1.88. The molecule has 0 fully saturated rings. The highest BCUT2D eigenvalue weighted by Crippen LogP contribution is 2.15. The quantitative estimate of drug-likeness (QED) is 0.897. The Morgan fingerprint density at radius 1 is 1.21 bits per heavy atom. The van der Waals surface area contributed by atoms with Crippen molar-refractivity contribution >= 4 is 11.7 Å². The van der Waals surface area contributed by atoms with Gasteiger partial charge in [0.05, 0.1) is 5.56 Å². The number of carboxylic acids is 1. The van der Waals surface area contributed by atoms with Crippen LogP contribution in [0.3, 0.4) is 0 Å². The van der Waals surface area contributed by atoms with Crippen LogP contribution in [0.15, 0.2) is 40.8 Å². The number of aromatic carboxylic acids is 1. The molecule has 0 spiro atoms. The number of nitrogens with zero attached hydrogens (tertiary/aromatic N) is 1. The Kier molecular flexibility index (Phi) is 3.90. The van der Waals surface area contributed by atoms with E-state index in [4.69, 9.17) is 9.52 Å². The second-order valence-corrected chi connectivity index (χ2v) is 4.54. The standard InChI is InChI=1S/C15H17NO3/c1-11-3-8-14(19-11)9-10-16(2)13-6-4-12(5-7-13)15(17)18/h3-8H,9-10H2,1-2H3,(H,17,18). The molecule has 1 N–H and O–H groups in total. The third kappa shape index (κ3) is 3.37. The van der Waals surface area contributed by atoms with Gasteiger partial charge in [-0.15, -0.1) is 0 Å². The number of anilines is 1. The summed E-state index contributed by atoms with van der Waals surface area (Å²) in [7, 11) is 1.98. The summed E-state index contributed by atoms with van der Waals surface area (Å²) < 4.78 is 5.52. The van der Waals surface area contributed by atoms with Gasteiger partial charge in [0.2, 0.25) is 0 Å². The van der Waals surface area contributed by atoms with E-state index in [-0.39, 0.29) is 0 Å². The lowest BCUT2D eigenvalue weighted by Crippen LogP contribution is -2.20. The molecule has 1 aromatic heterocycles. The fourth-order valence-electron chi connectivity index (χ4n) is 1.88. The van der Waals surface area contributed by atoms with E-state index in [9.17, 15) is 4.79 Å². The van der Waals surface area contributed by atoms with E-state index < -0.39 is 5.97 Å². The van der Waals surface area contributed by atoms with Crippen LogP contribution in [0.25, 0.3) is 0 Å². The average Bonchev–Trinajstić information content (AvgIpc) is 2.82. The molecule has 0 aliphatic rings. The number of rotatable bonds is 5. The molecule has 1 heterocycles. The summed E-state index contributed by atoms with van der Waals surface area (Å²) in [4.78, 5) is 12.8. The summed E-state index contributed by atoms with van der Waals surface area (Å²) in [5.41, 5.74) is 1.30. The van der Waals surface area contributed by atoms with Crippen molar-refractivity contribution in [1.29, 1.82) is 0 Å². The highest BCUT2D eigenvalue weighted by Gasteiger charge is 2.06. The first-order chi connectivity index (χ1) is 9.06. The third-order valence-electron chi connectivity index (χ3n) is 3.04. The molecule has 100 valence electrons. The number of carboxylic acid groups (broad SMARTS) is 1. The van der Waals surface area contributed by atoms with E-state index in [0.29, 0.717) is 5.56 Å². The van der Waals surface area contributed by atoms with Crippen LogP contribution in [0, 0.1) is 6.92 Å². The Morgan fingerprint density at radius 3 is 2.42 bits per heavy atom. The molecule has 0 aliphatic heterocycles. The zero-order valence-corrected chi connectivity index (χ0v) is 11.1. The molecule has 0 unspecified atom stereocenters. The van der Waals surface area contributed by atoms with Crippen molar-refractivity contribution in [2.24, 2.45) is 0 Å². The second kappa shape index (κ2) is 5.61. The van der Waals surface area contributed by atoms with Crippen LogP contribution in [0.1, 0.15) is 21.9 Å². The fraction of sp³-hybridized carbons (Fsp3) is 0.267. The van der Waals surface area contributed by atoms with Gasteiger partial charge in [-0.3, -0.25) is 0 Å². The van der Waals surface area contributed by atoms with Crippen molar-refractivity contribution in [3.05, 3.63) is 53.5 Å². The maximum atomic E-state index is 10.8. The van der Waals surface area contributed by atoms with E-state index in [0.717, 1.165) is 30.2 Å². The topological polar surface area (TPSA) is 53.7 Å². The maximum Gasteiger partial charge on any atom is 0.335 e. The number of carbonyl (C=O) groups is 1. The van der Waals surface area contributed by atoms with Gasteiger partial charge in [0.15, 0.2) is 0 Å². The van der Waals surface area contributed by atoms with Gasteiger partial charge in [-0.1, -0.05) is 0 Å². The Bertz CT molecular complexity index is 557. The minimum atomic E-state index is -0.903. The van der Waals surface area contributed by atoms with E-state index >= 15 is 0 Å². The lowest BCUT2D eigenvalue weighted by atomic mass is 10.2. The summed E-state index contributed by atoms with van der Waals surface area (Å²) in [6.07, 6.45) is 0.824. The van der Waals surface area contributed by atoms with Crippen molar-refractivity contribution in [2.75, 3.05) is 18.5 Å². The second-order valence-electron chi connectivity index (χ2n) is 4.54. The molecule has 0 saturated carbocycles. The Labute approximate surface area is 112 Å². The number of likely N-dealkylation sites (N-methyl/N-ethyl adjacent to an activating group) is 1. The SMILES string of the molecule is Cc1ccc(CCN(C)c2ccc(C(=O)O)cc2)o1. The van der Waals surface area contributed by atoms with Gasteiger partial charge < -0.3 is 14.4 Å². The zero-order chi connectivity index (χ0) is 13.8. The van der Waals surface area contributed by atoms with Gasteiger partial charge in [0.1, 0.15) is 11.5 Å². The van der Waals surface area contributed by atoms with Crippen molar-refractivity contribution in [2.45, 2.75) is 13.3 Å². The van der Waals surface area contributed by atoms with E-state index in [1.165, 1.54) is 0 Å². The highest BCUT2D eigenvalue weighted by molar-refractivity contribution is 5.88. The Hall–Kier alpha value is -2.23. The molecule has 2 aromatic rings. The van der Waals surface area contributed by atoms with Gasteiger partial charge in [-0.2, -0.15) is 0 Å². The van der Waals surface area contributed by atoms with Gasteiger partial charge in [0, 0.05) is 25.7 Å². The molecule has 1 aromatic carbocycles. The summed E-state index contributed by atoms with van der Waals surface area (Å²) in [6, 6.07) is 10.8. The summed E-state index contributed by atoms with van der Waals surface area (Å²) >= 11 is 0. The van der Waals surface area contributed by atoms with Crippen LogP contribution in [-0.2, 0) is 6.42 Å². The van der Waals surface area contributed by atoms with Crippen molar-refractivity contribution in [3.8, 4) is 0 Å². The third-order valence-corrected chi connectivity index (χ3v) is 3.04. The Balaban J connectivity index is 1.95. The molecular formula is C15H17NO3. The summed E-state index contributed by atoms with van der Waals surface area (Å²) in [6.45, 7) is 2.75. The number of hydrogen-bond acceptors (Lipinski definition) is 3. The van der Waals surface area contributed by atoms with Crippen molar-refractivity contribution in [1.82, 2.24) is 0 Å². The first kappa shape index (κ1) is 13.2.